The van der Waals surface area contributed by atoms with E-state index in [1.165, 1.54) is 84.6 Å². The first-order chi connectivity index (χ1) is 27.6. The van der Waals surface area contributed by atoms with Crippen molar-refractivity contribution in [1.82, 2.24) is 0 Å². The van der Waals surface area contributed by atoms with Gasteiger partial charge in [0.2, 0.25) is 0 Å². The maximum atomic E-state index is 12.6. The number of halogens is 2. The van der Waals surface area contributed by atoms with Crippen molar-refractivity contribution in [3.05, 3.63) is 242 Å². The molecular formula is C55H56ClFO-4. The van der Waals surface area contributed by atoms with Gasteiger partial charge >= 0.3 is 0 Å². The van der Waals surface area contributed by atoms with Gasteiger partial charge < -0.3 is 4.74 Å². The highest BCUT2D eigenvalue weighted by molar-refractivity contribution is 6.31. The third-order valence-corrected chi connectivity index (χ3v) is 10.3. The molecule has 0 atom stereocenters. The second-order valence-corrected chi connectivity index (χ2v) is 16.6. The Labute approximate surface area is 353 Å². The number of hydrogen-bond acceptors (Lipinski definition) is 1. The van der Waals surface area contributed by atoms with Gasteiger partial charge in [-0.25, -0.2) is 6.07 Å². The van der Waals surface area contributed by atoms with Gasteiger partial charge in [-0.3, -0.25) is 4.39 Å². The highest BCUT2D eigenvalue weighted by Crippen LogP contribution is 2.33. The second-order valence-electron chi connectivity index (χ2n) is 16.2. The molecule has 3 heteroatoms. The second kappa shape index (κ2) is 19.6. The van der Waals surface area contributed by atoms with E-state index in [0.29, 0.717) is 0 Å². The minimum Gasteiger partial charge on any atom is -0.496 e. The molecule has 2 aromatic carbocycles. The van der Waals surface area contributed by atoms with Crippen molar-refractivity contribution in [2.75, 3.05) is 7.11 Å². The molecule has 58 heavy (non-hydrogen) atoms. The van der Waals surface area contributed by atoms with E-state index in [-0.39, 0.29) is 11.2 Å². The Bertz CT molecular complexity index is 2280. The van der Waals surface area contributed by atoms with Gasteiger partial charge in [-0.2, -0.15) is 23.3 Å². The fourth-order valence-electron chi connectivity index (χ4n) is 6.86. The van der Waals surface area contributed by atoms with Crippen molar-refractivity contribution < 1.29 is 9.13 Å². The molecule has 0 unspecified atom stereocenters. The number of ether oxygens (including phenoxy) is 1. The first kappa shape index (κ1) is 43.4. The summed E-state index contributed by atoms with van der Waals surface area (Å²) in [5, 5.41) is 0.784. The summed E-state index contributed by atoms with van der Waals surface area (Å²) in [6.07, 6.45) is 42.5. The standard InChI is InChI=1S/C16H19.C15H17O.C12H10Cl.C12H10F/c1-12-5-6-14(11-12)13-7-9-15(10-8-13)16(2,3)4;1-10-5-6-13(7-10)14-8-11(2)15(16-4)12(3)9-14;2*1-9-2-3-11(8-9)10-4-6-12(13)7-5-10/h5-11H,1-4H3;5-9H,1-4H3;2*2-8H,1H3/q4*-1. The molecule has 0 aliphatic heterocycles. The Morgan fingerprint density at radius 1 is 0.552 bits per heavy atom. The van der Waals surface area contributed by atoms with Crippen LogP contribution in [0.15, 0.2) is 206 Å². The van der Waals surface area contributed by atoms with Crippen LogP contribution in [-0.4, -0.2) is 7.11 Å². The molecule has 0 heterocycles. The van der Waals surface area contributed by atoms with Crippen LogP contribution < -0.4 is 4.74 Å². The summed E-state index contributed by atoms with van der Waals surface area (Å²) < 4.78 is 18.0. The van der Waals surface area contributed by atoms with Crippen molar-refractivity contribution in [1.29, 1.82) is 0 Å². The maximum Gasteiger partial charge on any atom is 0.124 e. The Morgan fingerprint density at radius 2 is 1.03 bits per heavy atom. The van der Waals surface area contributed by atoms with E-state index in [1.807, 2.05) is 37.6 Å². The number of aryl methyl sites for hydroxylation is 3. The Hall–Kier alpha value is -5.70. The summed E-state index contributed by atoms with van der Waals surface area (Å²) in [5.74, 6) is 0.805. The number of allylic oxidation sites excluding steroid dienone is 30. The lowest BCUT2D eigenvalue weighted by Gasteiger charge is -2.29. The summed E-state index contributed by atoms with van der Waals surface area (Å²) in [7, 11) is 1.72. The lowest BCUT2D eigenvalue weighted by molar-refractivity contribution is 0.408. The molecule has 0 radical (unpaired) electrons. The Balaban J connectivity index is 0.000000148. The topological polar surface area (TPSA) is 9.23 Å². The van der Waals surface area contributed by atoms with Gasteiger partial charge in [0.1, 0.15) is 5.75 Å². The minimum atomic E-state index is -0.188. The van der Waals surface area contributed by atoms with Gasteiger partial charge in [-0.15, -0.1) is 108 Å². The number of methoxy groups -OCH3 is 1. The van der Waals surface area contributed by atoms with Crippen molar-refractivity contribution >= 4 is 11.6 Å². The van der Waals surface area contributed by atoms with Gasteiger partial charge in [-0.05, 0) is 56.2 Å². The van der Waals surface area contributed by atoms with Crippen LogP contribution in [0.2, 0.25) is 0 Å². The zero-order chi connectivity index (χ0) is 42.0. The van der Waals surface area contributed by atoms with Gasteiger partial charge in [-0.1, -0.05) is 134 Å². The molecule has 0 saturated heterocycles. The third kappa shape index (κ3) is 12.2. The Kier molecular flexibility index (Phi) is 14.7. The lowest BCUT2D eigenvalue weighted by Crippen LogP contribution is -2.09. The lowest BCUT2D eigenvalue weighted by atomic mass is 9.82. The zero-order valence-corrected chi connectivity index (χ0v) is 36.4. The van der Waals surface area contributed by atoms with Gasteiger partial charge in [0.15, 0.2) is 0 Å². The molecule has 6 aliphatic carbocycles. The van der Waals surface area contributed by atoms with E-state index >= 15 is 0 Å². The molecule has 8 rings (SSSR count). The number of benzene rings is 1. The summed E-state index contributed by atoms with van der Waals surface area (Å²) >= 11 is 5.80. The average molecular weight is 788 g/mol. The van der Waals surface area contributed by atoms with Crippen molar-refractivity contribution in [2.24, 2.45) is 5.41 Å². The third-order valence-electron chi connectivity index (χ3n) is 10.1. The van der Waals surface area contributed by atoms with E-state index < -0.39 is 0 Å². The van der Waals surface area contributed by atoms with Gasteiger partial charge in [0.25, 0.3) is 0 Å². The van der Waals surface area contributed by atoms with Crippen LogP contribution >= 0.6 is 11.6 Å². The van der Waals surface area contributed by atoms with Crippen molar-refractivity contribution in [3.8, 4) is 16.9 Å². The molecule has 6 aliphatic rings. The molecule has 300 valence electrons. The van der Waals surface area contributed by atoms with Crippen LogP contribution in [0.4, 0.5) is 4.39 Å². The zero-order valence-electron chi connectivity index (χ0n) is 35.7. The molecule has 0 N–H and O–H groups in total. The quantitative estimate of drug-likeness (QED) is 0.276. The van der Waals surface area contributed by atoms with E-state index in [0.717, 1.165) is 21.9 Å². The van der Waals surface area contributed by atoms with Crippen LogP contribution in [-0.2, 0) is 0 Å². The summed E-state index contributed by atoms with van der Waals surface area (Å²) in [4.78, 5) is 0. The molecule has 0 saturated carbocycles. The predicted molar refractivity (Wildman–Crippen MR) is 249 cm³/mol. The fraction of sp³-hybridized carbons (Fsp3) is 0.200. The van der Waals surface area contributed by atoms with E-state index in [2.05, 4.69) is 159 Å². The monoisotopic (exact) mass is 786 g/mol. The first-order valence-electron chi connectivity index (χ1n) is 19.8. The van der Waals surface area contributed by atoms with E-state index in [4.69, 9.17) is 16.3 Å². The number of rotatable bonds is 2. The van der Waals surface area contributed by atoms with Gasteiger partial charge in [0.05, 0.1) is 7.11 Å². The summed E-state index contributed by atoms with van der Waals surface area (Å²) in [6.45, 7) is 19.3. The average Bonchev–Trinajstić information content (AvgIpc) is 4.02. The molecular weight excluding hydrogens is 731 g/mol. The fourth-order valence-corrected chi connectivity index (χ4v) is 6.98. The van der Waals surface area contributed by atoms with Crippen molar-refractivity contribution in [2.45, 2.75) is 62.3 Å². The predicted octanol–water partition coefficient (Wildman–Crippen LogP) is 15.7. The molecule has 0 fully saturated rings. The molecule has 0 bridgehead atoms. The largest absolute Gasteiger partial charge is 0.496 e. The molecule has 0 aromatic heterocycles. The SMILES string of the molecule is CC1=CC(=C2C=CC(C(C)(C)C)=C[CH-]2)C=C1.CC1=CC(=C2C=CC(Cl)=C[CH-]2)C=C1.CC1=CC(=C2C=CC(F)=C[CH-]2)C=C1.COc1c(C)cc(-c2c[cH-]c(C)c2)cc1C. The highest BCUT2D eigenvalue weighted by Gasteiger charge is 2.12. The minimum absolute atomic E-state index is 0.188. The smallest absolute Gasteiger partial charge is 0.124 e. The van der Waals surface area contributed by atoms with Crippen LogP contribution in [0.3, 0.4) is 0 Å². The highest BCUT2D eigenvalue weighted by atomic mass is 35.5. The van der Waals surface area contributed by atoms with Gasteiger partial charge in [0, 0.05) is 5.83 Å². The molecule has 0 spiro atoms. The maximum absolute atomic E-state index is 12.6. The van der Waals surface area contributed by atoms with E-state index in [9.17, 15) is 4.39 Å². The number of hydrogen-bond donors (Lipinski definition) is 0. The Morgan fingerprint density at radius 3 is 1.38 bits per heavy atom. The van der Waals surface area contributed by atoms with Crippen LogP contribution in [0.5, 0.6) is 5.75 Å². The molecule has 0 amide bonds. The van der Waals surface area contributed by atoms with Crippen LogP contribution in [0.1, 0.15) is 58.2 Å². The normalized spacial score (nSPS) is 21.1. The summed E-state index contributed by atoms with van der Waals surface area (Å²) in [6, 6.07) is 10.9. The summed E-state index contributed by atoms with van der Waals surface area (Å²) in [5.41, 5.74) is 19.0. The first-order valence-corrected chi connectivity index (χ1v) is 20.2. The van der Waals surface area contributed by atoms with Crippen LogP contribution in [0, 0.1) is 45.4 Å². The molecule has 1 nitrogen and oxygen atoms in total. The van der Waals surface area contributed by atoms with Crippen LogP contribution in [0.25, 0.3) is 11.1 Å². The van der Waals surface area contributed by atoms with Crippen molar-refractivity contribution in [3.63, 3.8) is 0 Å². The van der Waals surface area contributed by atoms with E-state index in [1.54, 1.807) is 19.6 Å². The molecule has 2 aromatic rings.